The molecule has 1 aromatic rings. The van der Waals surface area contributed by atoms with E-state index in [0.717, 1.165) is 6.42 Å². The van der Waals surface area contributed by atoms with Crippen LogP contribution in [0.25, 0.3) is 0 Å². The first-order chi connectivity index (χ1) is 8.64. The van der Waals surface area contributed by atoms with E-state index in [2.05, 4.69) is 44.2 Å². The van der Waals surface area contributed by atoms with Crippen LogP contribution in [0.15, 0.2) is 42.0 Å². The lowest BCUT2D eigenvalue weighted by molar-refractivity contribution is 0.0604. The van der Waals surface area contributed by atoms with Crippen LogP contribution in [0.2, 0.25) is 0 Å². The predicted octanol–water partition coefficient (Wildman–Crippen LogP) is 3.57. The van der Waals surface area contributed by atoms with Crippen LogP contribution in [-0.4, -0.2) is 27.4 Å². The van der Waals surface area contributed by atoms with Crippen molar-refractivity contribution in [3.8, 4) is 0 Å². The van der Waals surface area contributed by atoms with Gasteiger partial charge >= 0.3 is 0 Å². The fraction of sp³-hybridized carbons (Fsp3) is 0.500. The van der Waals surface area contributed by atoms with Crippen molar-refractivity contribution in [3.05, 3.63) is 47.5 Å². The topological polar surface area (TPSA) is 18.5 Å². The zero-order valence-corrected chi connectivity index (χ0v) is 11.9. The normalized spacial score (nSPS) is 11.3. The van der Waals surface area contributed by atoms with Crippen LogP contribution >= 0.6 is 0 Å². The van der Waals surface area contributed by atoms with Crippen molar-refractivity contribution in [1.82, 2.24) is 0 Å². The predicted molar refractivity (Wildman–Crippen MR) is 75.9 cm³/mol. The molecule has 0 heterocycles. The fourth-order valence-corrected chi connectivity index (χ4v) is 2.19. The van der Waals surface area contributed by atoms with Gasteiger partial charge in [-0.3, -0.25) is 0 Å². The van der Waals surface area contributed by atoms with Crippen molar-refractivity contribution < 1.29 is 9.47 Å². The number of benzene rings is 1. The van der Waals surface area contributed by atoms with Gasteiger partial charge in [-0.05, 0) is 25.8 Å². The molecule has 0 fully saturated rings. The summed E-state index contributed by atoms with van der Waals surface area (Å²) in [4.78, 5) is 0. The summed E-state index contributed by atoms with van der Waals surface area (Å²) in [5.41, 5.74) is 2.50. The maximum atomic E-state index is 5.44. The van der Waals surface area contributed by atoms with Gasteiger partial charge in [0.2, 0.25) is 0 Å². The van der Waals surface area contributed by atoms with Gasteiger partial charge in [0.15, 0.2) is 0 Å². The van der Waals surface area contributed by atoms with E-state index >= 15 is 0 Å². The second-order valence-electron chi connectivity index (χ2n) is 5.00. The maximum absolute atomic E-state index is 5.44. The Kier molecular flexibility index (Phi) is 6.10. The average Bonchev–Trinajstić information content (AvgIpc) is 2.37. The van der Waals surface area contributed by atoms with E-state index in [1.54, 1.807) is 14.2 Å². The van der Waals surface area contributed by atoms with Crippen LogP contribution in [0, 0.1) is 0 Å². The summed E-state index contributed by atoms with van der Waals surface area (Å²) in [5.74, 6) is 0. The molecule has 0 aliphatic rings. The van der Waals surface area contributed by atoms with E-state index < -0.39 is 0 Å². The molecule has 0 aliphatic carbocycles. The largest absolute Gasteiger partial charge is 0.384 e. The first kappa shape index (κ1) is 14.9. The third-order valence-electron chi connectivity index (χ3n) is 3.13. The van der Waals surface area contributed by atoms with E-state index in [1.807, 2.05) is 6.07 Å². The molecule has 0 N–H and O–H groups in total. The minimum atomic E-state index is -0.0952. The molecular formula is C16H24O2. The Hall–Kier alpha value is -1.12. The number of hydrogen-bond acceptors (Lipinski definition) is 2. The Morgan fingerprint density at radius 1 is 1.06 bits per heavy atom. The van der Waals surface area contributed by atoms with Gasteiger partial charge < -0.3 is 9.47 Å². The molecule has 0 bridgehead atoms. The Bertz CT molecular complexity index is 358. The fourth-order valence-electron chi connectivity index (χ4n) is 2.19. The number of rotatable bonds is 7. The van der Waals surface area contributed by atoms with E-state index in [0.29, 0.717) is 13.2 Å². The average molecular weight is 248 g/mol. The number of hydrogen-bond donors (Lipinski definition) is 0. The minimum Gasteiger partial charge on any atom is -0.384 e. The summed E-state index contributed by atoms with van der Waals surface area (Å²) in [5, 5.41) is 0. The maximum Gasteiger partial charge on any atom is 0.0584 e. The van der Waals surface area contributed by atoms with Crippen LogP contribution in [0.4, 0.5) is 0 Å². The molecule has 0 unspecified atom stereocenters. The van der Waals surface area contributed by atoms with Crippen molar-refractivity contribution in [1.29, 1.82) is 0 Å². The summed E-state index contributed by atoms with van der Waals surface area (Å²) >= 11 is 0. The van der Waals surface area contributed by atoms with Crippen LogP contribution in [0.5, 0.6) is 0 Å². The van der Waals surface area contributed by atoms with E-state index in [9.17, 15) is 0 Å². The zero-order chi connectivity index (χ0) is 13.4. The number of ether oxygens (including phenoxy) is 2. The molecule has 2 nitrogen and oxygen atoms in total. The first-order valence-corrected chi connectivity index (χ1v) is 6.31. The first-order valence-electron chi connectivity index (χ1n) is 6.31. The van der Waals surface area contributed by atoms with Gasteiger partial charge in [0.25, 0.3) is 0 Å². The number of allylic oxidation sites excluding steroid dienone is 2. The number of methoxy groups -OCH3 is 2. The monoisotopic (exact) mass is 248 g/mol. The molecule has 18 heavy (non-hydrogen) atoms. The molecule has 0 saturated carbocycles. The summed E-state index contributed by atoms with van der Waals surface area (Å²) in [7, 11) is 3.49. The quantitative estimate of drug-likeness (QED) is 0.687. The molecule has 0 saturated heterocycles. The molecule has 0 atom stereocenters. The van der Waals surface area contributed by atoms with E-state index in [-0.39, 0.29) is 5.41 Å². The van der Waals surface area contributed by atoms with Crippen molar-refractivity contribution in [3.63, 3.8) is 0 Å². The highest BCUT2D eigenvalue weighted by atomic mass is 16.5. The Morgan fingerprint density at radius 2 is 1.61 bits per heavy atom. The minimum absolute atomic E-state index is 0.0952. The smallest absolute Gasteiger partial charge is 0.0584 e. The standard InChI is InChI=1S/C16H24O2/c1-14(2)10-11-16(12-17-3,13-18-4)15-8-6-5-7-9-15/h5-10H,11-13H2,1-4H3. The van der Waals surface area contributed by atoms with Gasteiger partial charge in [0.1, 0.15) is 0 Å². The van der Waals surface area contributed by atoms with Crippen LogP contribution < -0.4 is 0 Å². The molecule has 100 valence electrons. The van der Waals surface area contributed by atoms with Gasteiger partial charge in [-0.2, -0.15) is 0 Å². The molecule has 0 amide bonds. The summed E-state index contributed by atoms with van der Waals surface area (Å²) in [6.45, 7) is 5.56. The van der Waals surface area contributed by atoms with Crippen LogP contribution in [-0.2, 0) is 14.9 Å². The molecule has 0 radical (unpaired) electrons. The lowest BCUT2D eigenvalue weighted by Gasteiger charge is -2.32. The second-order valence-corrected chi connectivity index (χ2v) is 5.00. The van der Waals surface area contributed by atoms with Crippen molar-refractivity contribution in [2.75, 3.05) is 27.4 Å². The SMILES string of the molecule is COCC(CC=C(C)C)(COC)c1ccccc1. The molecule has 2 heteroatoms. The van der Waals surface area contributed by atoms with Gasteiger partial charge in [0, 0.05) is 19.6 Å². The van der Waals surface area contributed by atoms with Gasteiger partial charge in [-0.15, -0.1) is 0 Å². The lowest BCUT2D eigenvalue weighted by atomic mass is 9.78. The second kappa shape index (κ2) is 7.34. The Balaban J connectivity index is 3.08. The Morgan fingerprint density at radius 3 is 2.06 bits per heavy atom. The van der Waals surface area contributed by atoms with Crippen LogP contribution in [0.1, 0.15) is 25.8 Å². The van der Waals surface area contributed by atoms with E-state index in [1.165, 1.54) is 11.1 Å². The summed E-state index contributed by atoms with van der Waals surface area (Å²) in [6.07, 6.45) is 3.19. The molecule has 0 aromatic heterocycles. The highest BCUT2D eigenvalue weighted by Crippen LogP contribution is 2.30. The zero-order valence-electron chi connectivity index (χ0n) is 11.9. The third kappa shape index (κ3) is 3.97. The highest BCUT2D eigenvalue weighted by Gasteiger charge is 2.31. The van der Waals surface area contributed by atoms with Crippen LogP contribution in [0.3, 0.4) is 0 Å². The Labute approximate surface area is 111 Å². The highest BCUT2D eigenvalue weighted by molar-refractivity contribution is 5.27. The third-order valence-corrected chi connectivity index (χ3v) is 3.13. The van der Waals surface area contributed by atoms with Gasteiger partial charge in [0.05, 0.1) is 13.2 Å². The lowest BCUT2D eigenvalue weighted by Crippen LogP contribution is -2.36. The summed E-state index contributed by atoms with van der Waals surface area (Å²) in [6, 6.07) is 10.5. The summed E-state index contributed by atoms with van der Waals surface area (Å²) < 4.78 is 10.9. The molecular weight excluding hydrogens is 224 g/mol. The van der Waals surface area contributed by atoms with Crippen molar-refractivity contribution >= 4 is 0 Å². The van der Waals surface area contributed by atoms with Crippen molar-refractivity contribution in [2.24, 2.45) is 0 Å². The van der Waals surface area contributed by atoms with Crippen molar-refractivity contribution in [2.45, 2.75) is 25.7 Å². The molecule has 0 spiro atoms. The molecule has 1 rings (SSSR count). The molecule has 0 aliphatic heterocycles. The molecule has 1 aromatic carbocycles. The van der Waals surface area contributed by atoms with E-state index in [4.69, 9.17) is 9.47 Å². The van der Waals surface area contributed by atoms with Gasteiger partial charge in [-0.25, -0.2) is 0 Å². The van der Waals surface area contributed by atoms with Gasteiger partial charge in [-0.1, -0.05) is 42.0 Å².